The summed E-state index contributed by atoms with van der Waals surface area (Å²) in [5, 5.41) is 2.27. The largest absolute Gasteiger partial charge is 0.492 e. The summed E-state index contributed by atoms with van der Waals surface area (Å²) in [6.07, 6.45) is 0.622. The first-order chi connectivity index (χ1) is 9.02. The van der Waals surface area contributed by atoms with E-state index in [0.717, 1.165) is 11.3 Å². The van der Waals surface area contributed by atoms with Crippen molar-refractivity contribution in [2.24, 2.45) is 0 Å². The Labute approximate surface area is 115 Å². The third-order valence-corrected chi connectivity index (χ3v) is 6.60. The molecule has 0 bridgehead atoms. The Balaban J connectivity index is 2.40. The summed E-state index contributed by atoms with van der Waals surface area (Å²) in [4.78, 5) is 0. The topological polar surface area (TPSA) is 55.4 Å². The molecule has 19 heavy (non-hydrogen) atoms. The standard InChI is InChI=1S/C14H21NO3S/c1-4-10(2)19(16,17)13-9-18-12-8-6-5-7-11(12)14(13)15-3/h5-8,10,13-15H,4,9H2,1-3H3. The van der Waals surface area contributed by atoms with E-state index in [1.165, 1.54) is 0 Å². The van der Waals surface area contributed by atoms with Crippen molar-refractivity contribution in [1.29, 1.82) is 0 Å². The molecule has 0 aromatic heterocycles. The lowest BCUT2D eigenvalue weighted by atomic mass is 10.0. The minimum Gasteiger partial charge on any atom is -0.492 e. The van der Waals surface area contributed by atoms with Gasteiger partial charge in [-0.05, 0) is 26.5 Å². The molecule has 0 spiro atoms. The quantitative estimate of drug-likeness (QED) is 0.917. The first-order valence-corrected chi connectivity index (χ1v) is 8.25. The highest BCUT2D eigenvalue weighted by Gasteiger charge is 2.40. The predicted octanol–water partition coefficient (Wildman–Crippen LogP) is 1.92. The number of hydrogen-bond donors (Lipinski definition) is 1. The van der Waals surface area contributed by atoms with Gasteiger partial charge in [0.15, 0.2) is 9.84 Å². The minimum atomic E-state index is -3.20. The summed E-state index contributed by atoms with van der Waals surface area (Å²) >= 11 is 0. The van der Waals surface area contributed by atoms with Crippen LogP contribution in [0.25, 0.3) is 0 Å². The minimum absolute atomic E-state index is 0.205. The van der Waals surface area contributed by atoms with E-state index in [-0.39, 0.29) is 17.9 Å². The number of para-hydroxylation sites is 1. The zero-order chi connectivity index (χ0) is 14.0. The molecule has 0 fully saturated rings. The molecule has 3 atom stereocenters. The highest BCUT2D eigenvalue weighted by atomic mass is 32.2. The van der Waals surface area contributed by atoms with E-state index in [1.807, 2.05) is 31.2 Å². The van der Waals surface area contributed by atoms with Gasteiger partial charge in [0.1, 0.15) is 17.6 Å². The monoisotopic (exact) mass is 283 g/mol. The second kappa shape index (κ2) is 5.51. The van der Waals surface area contributed by atoms with Crippen LogP contribution >= 0.6 is 0 Å². The molecule has 0 aliphatic carbocycles. The van der Waals surface area contributed by atoms with Gasteiger partial charge in [0.2, 0.25) is 0 Å². The SMILES string of the molecule is CCC(C)S(=O)(=O)C1COc2ccccc2C1NC. The van der Waals surface area contributed by atoms with Gasteiger partial charge in [0, 0.05) is 5.56 Å². The summed E-state index contributed by atoms with van der Waals surface area (Å²) < 4.78 is 30.8. The van der Waals surface area contributed by atoms with Crippen molar-refractivity contribution in [2.75, 3.05) is 13.7 Å². The average molecular weight is 283 g/mol. The van der Waals surface area contributed by atoms with Crippen LogP contribution in [0.2, 0.25) is 0 Å². The molecular weight excluding hydrogens is 262 g/mol. The molecule has 3 unspecified atom stereocenters. The molecule has 0 amide bonds. The van der Waals surface area contributed by atoms with E-state index >= 15 is 0 Å². The second-order valence-corrected chi connectivity index (χ2v) is 7.55. The summed E-state index contributed by atoms with van der Waals surface area (Å²) in [6, 6.07) is 7.41. The molecule has 1 N–H and O–H groups in total. The van der Waals surface area contributed by atoms with Crippen molar-refractivity contribution in [3.8, 4) is 5.75 Å². The van der Waals surface area contributed by atoms with Gasteiger partial charge in [-0.2, -0.15) is 0 Å². The van der Waals surface area contributed by atoms with Crippen LogP contribution in [0.1, 0.15) is 31.9 Å². The number of ether oxygens (including phenoxy) is 1. The smallest absolute Gasteiger partial charge is 0.160 e. The van der Waals surface area contributed by atoms with Crippen LogP contribution < -0.4 is 10.1 Å². The Morgan fingerprint density at radius 3 is 2.74 bits per heavy atom. The first kappa shape index (κ1) is 14.3. The number of fused-ring (bicyclic) bond motifs is 1. The summed E-state index contributed by atoms with van der Waals surface area (Å²) in [5.41, 5.74) is 0.924. The molecule has 1 heterocycles. The normalized spacial score (nSPS) is 24.4. The van der Waals surface area contributed by atoms with Gasteiger partial charge in [-0.15, -0.1) is 0 Å². The molecule has 1 aromatic rings. The fourth-order valence-electron chi connectivity index (χ4n) is 2.49. The highest BCUT2D eigenvalue weighted by molar-refractivity contribution is 7.92. The molecule has 0 saturated heterocycles. The third kappa shape index (κ3) is 2.49. The van der Waals surface area contributed by atoms with E-state index in [1.54, 1.807) is 14.0 Å². The van der Waals surface area contributed by atoms with Crippen molar-refractivity contribution in [2.45, 2.75) is 36.8 Å². The maximum absolute atomic E-state index is 12.6. The number of nitrogens with one attached hydrogen (secondary N) is 1. The number of rotatable bonds is 4. The maximum atomic E-state index is 12.6. The van der Waals surface area contributed by atoms with Gasteiger partial charge in [-0.1, -0.05) is 25.1 Å². The lowest BCUT2D eigenvalue weighted by Crippen LogP contribution is -2.45. The average Bonchev–Trinajstić information content (AvgIpc) is 2.44. The number of hydrogen-bond acceptors (Lipinski definition) is 4. The second-order valence-electron chi connectivity index (χ2n) is 4.96. The Kier molecular flexibility index (Phi) is 4.16. The molecule has 0 radical (unpaired) electrons. The van der Waals surface area contributed by atoms with E-state index in [2.05, 4.69) is 5.32 Å². The lowest BCUT2D eigenvalue weighted by Gasteiger charge is -2.34. The van der Waals surface area contributed by atoms with Gasteiger partial charge >= 0.3 is 0 Å². The van der Waals surface area contributed by atoms with Gasteiger partial charge in [-0.3, -0.25) is 0 Å². The lowest BCUT2D eigenvalue weighted by molar-refractivity contribution is 0.258. The van der Waals surface area contributed by atoms with Gasteiger partial charge in [0.25, 0.3) is 0 Å². The molecule has 1 aliphatic heterocycles. The summed E-state index contributed by atoms with van der Waals surface area (Å²) in [6.45, 7) is 3.88. The fourth-order valence-corrected chi connectivity index (χ4v) is 4.48. The van der Waals surface area contributed by atoms with E-state index in [9.17, 15) is 8.42 Å². The Morgan fingerprint density at radius 1 is 1.42 bits per heavy atom. The van der Waals surface area contributed by atoms with Crippen LogP contribution in [0.5, 0.6) is 5.75 Å². The Bertz CT molecular complexity index is 541. The van der Waals surface area contributed by atoms with Crippen LogP contribution in [0.3, 0.4) is 0 Å². The van der Waals surface area contributed by atoms with Crippen LogP contribution in [-0.2, 0) is 9.84 Å². The molecule has 2 rings (SSSR count). The fraction of sp³-hybridized carbons (Fsp3) is 0.571. The van der Waals surface area contributed by atoms with Gasteiger partial charge in [-0.25, -0.2) is 8.42 Å². The van der Waals surface area contributed by atoms with Crippen LogP contribution in [0.4, 0.5) is 0 Å². The van der Waals surface area contributed by atoms with Crippen molar-refractivity contribution >= 4 is 9.84 Å². The van der Waals surface area contributed by atoms with E-state index < -0.39 is 15.1 Å². The molecule has 5 heteroatoms. The zero-order valence-electron chi connectivity index (χ0n) is 11.6. The predicted molar refractivity (Wildman–Crippen MR) is 76.2 cm³/mol. The highest BCUT2D eigenvalue weighted by Crippen LogP contribution is 2.35. The zero-order valence-corrected chi connectivity index (χ0v) is 12.4. The van der Waals surface area contributed by atoms with Gasteiger partial charge < -0.3 is 10.1 Å². The summed E-state index contributed by atoms with van der Waals surface area (Å²) in [7, 11) is -1.41. The van der Waals surface area contributed by atoms with Gasteiger partial charge in [0.05, 0.1) is 11.3 Å². The van der Waals surface area contributed by atoms with E-state index in [0.29, 0.717) is 6.42 Å². The number of sulfone groups is 1. The molecule has 1 aliphatic rings. The third-order valence-electron chi connectivity index (χ3n) is 3.90. The van der Waals surface area contributed by atoms with Crippen molar-refractivity contribution in [1.82, 2.24) is 5.32 Å². The molecule has 4 nitrogen and oxygen atoms in total. The molecule has 0 saturated carbocycles. The molecule has 1 aromatic carbocycles. The van der Waals surface area contributed by atoms with Crippen LogP contribution in [-0.4, -0.2) is 32.6 Å². The molecular formula is C14H21NO3S. The van der Waals surface area contributed by atoms with Crippen LogP contribution in [0, 0.1) is 0 Å². The number of benzene rings is 1. The van der Waals surface area contributed by atoms with E-state index in [4.69, 9.17) is 4.74 Å². The van der Waals surface area contributed by atoms with Crippen molar-refractivity contribution in [3.63, 3.8) is 0 Å². The van der Waals surface area contributed by atoms with Crippen molar-refractivity contribution < 1.29 is 13.2 Å². The maximum Gasteiger partial charge on any atom is 0.160 e. The Hall–Kier alpha value is -1.07. The molecule has 106 valence electrons. The Morgan fingerprint density at radius 2 is 2.11 bits per heavy atom. The summed E-state index contributed by atoms with van der Waals surface area (Å²) in [5.74, 6) is 0.775. The first-order valence-electron chi connectivity index (χ1n) is 6.64. The van der Waals surface area contributed by atoms with Crippen LogP contribution in [0.15, 0.2) is 24.3 Å². The van der Waals surface area contributed by atoms with Crippen molar-refractivity contribution in [3.05, 3.63) is 29.8 Å².